The van der Waals surface area contributed by atoms with Crippen LogP contribution in [0.4, 0.5) is 5.69 Å². The molecule has 0 fully saturated rings. The Morgan fingerprint density at radius 3 is 2.36 bits per heavy atom. The van der Waals surface area contributed by atoms with Crippen LogP contribution in [0.1, 0.15) is 0 Å². The van der Waals surface area contributed by atoms with E-state index in [0.717, 1.165) is 5.56 Å². The van der Waals surface area contributed by atoms with Crippen LogP contribution >= 0.6 is 0 Å². The second-order valence-electron chi connectivity index (χ2n) is 4.42. The van der Waals surface area contributed by atoms with Gasteiger partial charge in [0.25, 0.3) is 0 Å². The highest BCUT2D eigenvalue weighted by atomic mass is 16.6. The Hall–Kier alpha value is -3.22. The van der Waals surface area contributed by atoms with Gasteiger partial charge in [0.05, 0.1) is 12.0 Å². The molecule has 1 aromatic heterocycles. The average Bonchev–Trinajstić information content (AvgIpc) is 3.05. The number of aromatic nitrogens is 2. The lowest BCUT2D eigenvalue weighted by atomic mass is 10.2. The summed E-state index contributed by atoms with van der Waals surface area (Å²) >= 11 is 0. The van der Waals surface area contributed by atoms with Crippen molar-refractivity contribution in [3.8, 4) is 28.7 Å². The fourth-order valence-corrected chi connectivity index (χ4v) is 2.00. The maximum absolute atomic E-state index is 11.0. The maximum atomic E-state index is 11.0. The molecular formula is C15H11N3O4. The van der Waals surface area contributed by atoms with E-state index in [4.69, 9.17) is 9.15 Å². The van der Waals surface area contributed by atoms with Gasteiger partial charge in [0.2, 0.25) is 11.8 Å². The molecule has 0 aliphatic rings. The first kappa shape index (κ1) is 13.7. The van der Waals surface area contributed by atoms with Gasteiger partial charge >= 0.3 is 5.69 Å². The molecule has 0 spiro atoms. The van der Waals surface area contributed by atoms with Gasteiger partial charge in [-0.1, -0.05) is 18.2 Å². The Morgan fingerprint density at radius 1 is 1.05 bits per heavy atom. The number of methoxy groups -OCH3 is 1. The van der Waals surface area contributed by atoms with Crippen LogP contribution in [-0.4, -0.2) is 22.2 Å². The van der Waals surface area contributed by atoms with Gasteiger partial charge in [-0.2, -0.15) is 0 Å². The molecule has 0 radical (unpaired) electrons. The fourth-order valence-electron chi connectivity index (χ4n) is 2.00. The number of benzene rings is 2. The molecule has 0 amide bonds. The highest BCUT2D eigenvalue weighted by Gasteiger charge is 2.18. The third kappa shape index (κ3) is 2.51. The van der Waals surface area contributed by atoms with Crippen molar-refractivity contribution < 1.29 is 14.1 Å². The zero-order chi connectivity index (χ0) is 15.5. The maximum Gasteiger partial charge on any atom is 0.311 e. The molecule has 0 N–H and O–H groups in total. The van der Waals surface area contributed by atoms with Crippen molar-refractivity contribution >= 4 is 5.69 Å². The lowest BCUT2D eigenvalue weighted by molar-refractivity contribution is -0.385. The largest absolute Gasteiger partial charge is 0.490 e. The lowest BCUT2D eigenvalue weighted by Crippen LogP contribution is -1.94. The Bertz CT molecular complexity index is 815. The monoisotopic (exact) mass is 297 g/mol. The zero-order valence-corrected chi connectivity index (χ0v) is 11.6. The van der Waals surface area contributed by atoms with Gasteiger partial charge in [0, 0.05) is 17.2 Å². The van der Waals surface area contributed by atoms with Gasteiger partial charge in [-0.3, -0.25) is 10.1 Å². The third-order valence-corrected chi connectivity index (χ3v) is 3.07. The van der Waals surface area contributed by atoms with Crippen molar-refractivity contribution in [1.82, 2.24) is 10.2 Å². The highest BCUT2D eigenvalue weighted by Crippen LogP contribution is 2.32. The standard InChI is InChI=1S/C15H11N3O4/c1-21-13-8-7-11(9-12(13)18(19)20)15-17-16-14(22-15)10-5-3-2-4-6-10/h2-9H,1H3. The van der Waals surface area contributed by atoms with E-state index in [9.17, 15) is 10.1 Å². The number of nitro groups is 1. The minimum Gasteiger partial charge on any atom is -0.490 e. The van der Waals surface area contributed by atoms with Gasteiger partial charge < -0.3 is 9.15 Å². The molecule has 110 valence electrons. The van der Waals surface area contributed by atoms with Gasteiger partial charge in [-0.25, -0.2) is 0 Å². The summed E-state index contributed by atoms with van der Waals surface area (Å²) in [5.74, 6) is 0.746. The average molecular weight is 297 g/mol. The molecule has 0 atom stereocenters. The zero-order valence-electron chi connectivity index (χ0n) is 11.6. The Morgan fingerprint density at radius 2 is 1.73 bits per heavy atom. The summed E-state index contributed by atoms with van der Waals surface area (Å²) in [6.45, 7) is 0. The molecular weight excluding hydrogens is 286 g/mol. The molecule has 0 aliphatic heterocycles. The number of ether oxygens (including phenoxy) is 1. The predicted molar refractivity (Wildman–Crippen MR) is 78.4 cm³/mol. The molecule has 0 saturated carbocycles. The van der Waals surface area contributed by atoms with E-state index in [1.54, 1.807) is 6.07 Å². The summed E-state index contributed by atoms with van der Waals surface area (Å²) in [5.41, 5.74) is 1.09. The molecule has 0 aliphatic carbocycles. The second kappa shape index (κ2) is 5.65. The minimum absolute atomic E-state index is 0.153. The van der Waals surface area contributed by atoms with E-state index >= 15 is 0 Å². The van der Waals surface area contributed by atoms with E-state index in [1.807, 2.05) is 30.3 Å². The summed E-state index contributed by atoms with van der Waals surface area (Å²) in [5, 5.41) is 19.0. The molecule has 7 heteroatoms. The van der Waals surface area contributed by atoms with Crippen molar-refractivity contribution in [1.29, 1.82) is 0 Å². The summed E-state index contributed by atoms with van der Waals surface area (Å²) in [6, 6.07) is 13.8. The molecule has 3 rings (SSSR count). The molecule has 2 aromatic carbocycles. The highest BCUT2D eigenvalue weighted by molar-refractivity contribution is 5.63. The first-order valence-corrected chi connectivity index (χ1v) is 6.41. The van der Waals surface area contributed by atoms with E-state index in [2.05, 4.69) is 10.2 Å². The number of nitrogens with zero attached hydrogens (tertiary/aromatic N) is 3. The van der Waals surface area contributed by atoms with E-state index in [1.165, 1.54) is 19.2 Å². The van der Waals surface area contributed by atoms with Gasteiger partial charge in [0.15, 0.2) is 5.75 Å². The minimum atomic E-state index is -0.517. The first-order chi connectivity index (χ1) is 10.7. The molecule has 0 bridgehead atoms. The van der Waals surface area contributed by atoms with Crippen LogP contribution in [0.15, 0.2) is 52.9 Å². The number of nitro benzene ring substituents is 1. The van der Waals surface area contributed by atoms with Crippen LogP contribution in [-0.2, 0) is 0 Å². The van der Waals surface area contributed by atoms with Crippen LogP contribution in [0.25, 0.3) is 22.9 Å². The van der Waals surface area contributed by atoms with Crippen molar-refractivity contribution in [2.75, 3.05) is 7.11 Å². The third-order valence-electron chi connectivity index (χ3n) is 3.07. The predicted octanol–water partition coefficient (Wildman–Crippen LogP) is 3.32. The number of hydrogen-bond acceptors (Lipinski definition) is 6. The normalized spacial score (nSPS) is 10.4. The topological polar surface area (TPSA) is 91.3 Å². The second-order valence-corrected chi connectivity index (χ2v) is 4.42. The van der Waals surface area contributed by atoms with Gasteiger partial charge in [-0.15, -0.1) is 10.2 Å². The quantitative estimate of drug-likeness (QED) is 0.542. The van der Waals surface area contributed by atoms with E-state index in [-0.39, 0.29) is 17.3 Å². The first-order valence-electron chi connectivity index (χ1n) is 6.41. The van der Waals surface area contributed by atoms with Crippen molar-refractivity contribution in [2.24, 2.45) is 0 Å². The van der Waals surface area contributed by atoms with Crippen molar-refractivity contribution in [2.45, 2.75) is 0 Å². The molecule has 22 heavy (non-hydrogen) atoms. The van der Waals surface area contributed by atoms with Crippen molar-refractivity contribution in [3.63, 3.8) is 0 Å². The molecule has 7 nitrogen and oxygen atoms in total. The molecule has 1 heterocycles. The number of hydrogen-bond donors (Lipinski definition) is 0. The fraction of sp³-hybridized carbons (Fsp3) is 0.0667. The molecule has 0 saturated heterocycles. The summed E-state index contributed by atoms with van der Waals surface area (Å²) in [7, 11) is 1.38. The van der Waals surface area contributed by atoms with E-state index in [0.29, 0.717) is 11.5 Å². The van der Waals surface area contributed by atoms with Crippen LogP contribution < -0.4 is 4.74 Å². The summed E-state index contributed by atoms with van der Waals surface area (Å²) in [4.78, 5) is 10.5. The van der Waals surface area contributed by atoms with Gasteiger partial charge in [-0.05, 0) is 24.3 Å². The van der Waals surface area contributed by atoms with Crippen LogP contribution in [0, 0.1) is 10.1 Å². The van der Waals surface area contributed by atoms with Crippen LogP contribution in [0.3, 0.4) is 0 Å². The summed E-state index contributed by atoms with van der Waals surface area (Å²) in [6.07, 6.45) is 0. The lowest BCUT2D eigenvalue weighted by Gasteiger charge is -2.02. The van der Waals surface area contributed by atoms with Crippen molar-refractivity contribution in [3.05, 3.63) is 58.6 Å². The Balaban J connectivity index is 2.00. The van der Waals surface area contributed by atoms with Crippen LogP contribution in [0.2, 0.25) is 0 Å². The van der Waals surface area contributed by atoms with Crippen LogP contribution in [0.5, 0.6) is 5.75 Å². The van der Waals surface area contributed by atoms with E-state index < -0.39 is 4.92 Å². The summed E-state index contributed by atoms with van der Waals surface area (Å²) < 4.78 is 10.5. The van der Waals surface area contributed by atoms with Gasteiger partial charge in [0.1, 0.15) is 0 Å². The number of rotatable bonds is 4. The Kier molecular flexibility index (Phi) is 3.53. The smallest absolute Gasteiger partial charge is 0.311 e. The SMILES string of the molecule is COc1ccc(-c2nnc(-c3ccccc3)o2)cc1[N+](=O)[O-]. The molecule has 3 aromatic rings. The molecule has 0 unspecified atom stereocenters. The Labute approximate surface area is 125 Å².